The van der Waals surface area contributed by atoms with Crippen molar-refractivity contribution in [3.63, 3.8) is 0 Å². The van der Waals surface area contributed by atoms with Crippen molar-refractivity contribution in [1.82, 2.24) is 9.80 Å². The predicted octanol–water partition coefficient (Wildman–Crippen LogP) is 3.23. The number of amides is 1. The van der Waals surface area contributed by atoms with E-state index in [1.807, 2.05) is 18.2 Å². The van der Waals surface area contributed by atoms with E-state index in [-0.39, 0.29) is 17.0 Å². The second-order valence-corrected chi connectivity index (χ2v) is 7.30. The molecule has 1 saturated heterocycles. The molecule has 6 heteroatoms. The number of benzene rings is 2. The molecule has 0 saturated carbocycles. The van der Waals surface area contributed by atoms with E-state index in [2.05, 4.69) is 17.0 Å². The van der Waals surface area contributed by atoms with Crippen molar-refractivity contribution in [3.05, 3.63) is 70.5 Å². The van der Waals surface area contributed by atoms with Crippen LogP contribution in [0.5, 0.6) is 0 Å². The van der Waals surface area contributed by atoms with Gasteiger partial charge in [0.25, 0.3) is 5.91 Å². The minimum Gasteiger partial charge on any atom is -0.392 e. The van der Waals surface area contributed by atoms with Gasteiger partial charge in [-0.15, -0.1) is 0 Å². The van der Waals surface area contributed by atoms with Crippen LogP contribution in [0.25, 0.3) is 0 Å². The molecule has 0 aliphatic carbocycles. The maximum atomic E-state index is 13.2. The molecule has 27 heavy (non-hydrogen) atoms. The number of piperazine rings is 1. The second kappa shape index (κ2) is 9.31. The summed E-state index contributed by atoms with van der Waals surface area (Å²) >= 11 is 6.00. The van der Waals surface area contributed by atoms with Crippen LogP contribution >= 0.6 is 11.6 Å². The number of nitrogens with zero attached hydrogens (tertiary/aromatic N) is 2. The van der Waals surface area contributed by atoms with E-state index >= 15 is 0 Å². The van der Waals surface area contributed by atoms with E-state index in [1.165, 1.54) is 17.7 Å². The fraction of sp³-hybridized carbons (Fsp3) is 0.381. The fourth-order valence-corrected chi connectivity index (χ4v) is 3.58. The Hall–Kier alpha value is -1.95. The second-order valence-electron chi connectivity index (χ2n) is 6.90. The first-order valence-electron chi connectivity index (χ1n) is 9.21. The molecule has 2 aromatic rings. The Morgan fingerprint density at radius 1 is 1.11 bits per heavy atom. The Balaban J connectivity index is 1.45. The standard InChI is InChI=1S/C21H24ClFN2O2/c22-20-14-17(23)7-9-19(20)21(27)25-12-10-24(11-13-25)15-18(26)8-6-16-4-2-1-3-5-16/h1-5,7,9,14,18,26H,6,8,10-13,15H2/t18-/m1/s1. The molecule has 0 spiro atoms. The zero-order chi connectivity index (χ0) is 19.2. The van der Waals surface area contributed by atoms with Crippen LogP contribution in [0.1, 0.15) is 22.3 Å². The van der Waals surface area contributed by atoms with Gasteiger partial charge >= 0.3 is 0 Å². The van der Waals surface area contributed by atoms with Crippen LogP contribution in [0.3, 0.4) is 0 Å². The Bertz CT molecular complexity index is 764. The highest BCUT2D eigenvalue weighted by Crippen LogP contribution is 2.20. The number of halogens is 2. The van der Waals surface area contributed by atoms with Gasteiger partial charge < -0.3 is 10.0 Å². The highest BCUT2D eigenvalue weighted by Gasteiger charge is 2.24. The summed E-state index contributed by atoms with van der Waals surface area (Å²) in [7, 11) is 0. The van der Waals surface area contributed by atoms with E-state index in [1.54, 1.807) is 4.90 Å². The van der Waals surface area contributed by atoms with Gasteiger partial charge in [0.05, 0.1) is 16.7 Å². The molecular weight excluding hydrogens is 367 g/mol. The van der Waals surface area contributed by atoms with Crippen molar-refractivity contribution in [2.75, 3.05) is 32.7 Å². The zero-order valence-corrected chi connectivity index (χ0v) is 15.9. The molecule has 0 bridgehead atoms. The minimum absolute atomic E-state index is 0.138. The molecule has 0 aromatic heterocycles. The van der Waals surface area contributed by atoms with Gasteiger partial charge in [-0.25, -0.2) is 4.39 Å². The van der Waals surface area contributed by atoms with Crippen LogP contribution in [-0.4, -0.2) is 59.6 Å². The van der Waals surface area contributed by atoms with Crippen LogP contribution in [0.2, 0.25) is 5.02 Å². The molecule has 3 rings (SSSR count). The van der Waals surface area contributed by atoms with Crippen molar-refractivity contribution < 1.29 is 14.3 Å². The quantitative estimate of drug-likeness (QED) is 0.823. The number of aliphatic hydroxyl groups is 1. The summed E-state index contributed by atoms with van der Waals surface area (Å²) in [4.78, 5) is 16.5. The molecule has 1 amide bonds. The first-order valence-corrected chi connectivity index (χ1v) is 9.59. The lowest BCUT2D eigenvalue weighted by Gasteiger charge is -2.35. The van der Waals surface area contributed by atoms with Crippen molar-refractivity contribution >= 4 is 17.5 Å². The molecule has 1 N–H and O–H groups in total. The summed E-state index contributed by atoms with van der Waals surface area (Å²) < 4.78 is 13.2. The molecule has 144 valence electrons. The highest BCUT2D eigenvalue weighted by atomic mass is 35.5. The lowest BCUT2D eigenvalue weighted by molar-refractivity contribution is 0.0516. The Labute approximate surface area is 164 Å². The average Bonchev–Trinajstić information content (AvgIpc) is 2.67. The van der Waals surface area contributed by atoms with Gasteiger partial charge in [-0.05, 0) is 36.6 Å². The summed E-state index contributed by atoms with van der Waals surface area (Å²) in [5.41, 5.74) is 1.55. The number of aryl methyl sites for hydroxylation is 1. The molecule has 0 radical (unpaired) electrons. The van der Waals surface area contributed by atoms with Crippen LogP contribution in [-0.2, 0) is 6.42 Å². The Kier molecular flexibility index (Phi) is 6.83. The summed E-state index contributed by atoms with van der Waals surface area (Å²) in [6.45, 7) is 3.14. The SMILES string of the molecule is O=C(c1ccc(F)cc1Cl)N1CCN(C[C@H](O)CCc2ccccc2)CC1. The van der Waals surface area contributed by atoms with Gasteiger partial charge in [-0.3, -0.25) is 9.69 Å². The fourth-order valence-electron chi connectivity index (χ4n) is 3.33. The number of carbonyl (C=O) groups excluding carboxylic acids is 1. The van der Waals surface area contributed by atoms with Gasteiger partial charge in [0.15, 0.2) is 0 Å². The van der Waals surface area contributed by atoms with Gasteiger partial charge in [0, 0.05) is 32.7 Å². The lowest BCUT2D eigenvalue weighted by atomic mass is 10.1. The molecule has 4 nitrogen and oxygen atoms in total. The molecule has 1 fully saturated rings. The molecule has 0 unspecified atom stereocenters. The molecule has 1 atom stereocenters. The Morgan fingerprint density at radius 3 is 2.48 bits per heavy atom. The summed E-state index contributed by atoms with van der Waals surface area (Å²) in [6, 6.07) is 14.0. The number of β-amino-alcohol motifs (C(OH)–C–C–N with tert-alkyl or cyclic N) is 1. The van der Waals surface area contributed by atoms with Crippen molar-refractivity contribution in [3.8, 4) is 0 Å². The highest BCUT2D eigenvalue weighted by molar-refractivity contribution is 6.33. The van der Waals surface area contributed by atoms with Crippen LogP contribution in [0.15, 0.2) is 48.5 Å². The molecular formula is C21H24ClFN2O2. The minimum atomic E-state index is -0.453. The zero-order valence-electron chi connectivity index (χ0n) is 15.2. The van der Waals surface area contributed by atoms with Crippen molar-refractivity contribution in [2.45, 2.75) is 18.9 Å². The first kappa shape index (κ1) is 19.8. The van der Waals surface area contributed by atoms with E-state index < -0.39 is 5.82 Å². The molecule has 2 aromatic carbocycles. The van der Waals surface area contributed by atoms with E-state index in [0.29, 0.717) is 44.7 Å². The third kappa shape index (κ3) is 5.51. The van der Waals surface area contributed by atoms with Gasteiger partial charge in [0.2, 0.25) is 0 Å². The van der Waals surface area contributed by atoms with Crippen LogP contribution < -0.4 is 0 Å². The van der Waals surface area contributed by atoms with Gasteiger partial charge in [-0.2, -0.15) is 0 Å². The van der Waals surface area contributed by atoms with E-state index in [0.717, 1.165) is 12.5 Å². The van der Waals surface area contributed by atoms with Crippen LogP contribution in [0, 0.1) is 5.82 Å². The average molecular weight is 391 g/mol. The summed E-state index contributed by atoms with van der Waals surface area (Å²) in [5.74, 6) is -0.630. The van der Waals surface area contributed by atoms with Crippen LogP contribution in [0.4, 0.5) is 4.39 Å². The normalized spacial score (nSPS) is 16.3. The molecule has 1 aliphatic rings. The maximum absolute atomic E-state index is 13.2. The third-order valence-corrected chi connectivity index (χ3v) is 5.21. The van der Waals surface area contributed by atoms with E-state index in [4.69, 9.17) is 11.6 Å². The van der Waals surface area contributed by atoms with E-state index in [9.17, 15) is 14.3 Å². The molecule has 1 aliphatic heterocycles. The summed E-state index contributed by atoms with van der Waals surface area (Å²) in [5, 5.41) is 10.4. The third-order valence-electron chi connectivity index (χ3n) is 4.90. The summed E-state index contributed by atoms with van der Waals surface area (Å²) in [6.07, 6.45) is 1.18. The lowest BCUT2D eigenvalue weighted by Crippen LogP contribution is -2.50. The van der Waals surface area contributed by atoms with Gasteiger partial charge in [0.1, 0.15) is 5.82 Å². The molecule has 1 heterocycles. The van der Waals surface area contributed by atoms with Crippen molar-refractivity contribution in [2.24, 2.45) is 0 Å². The number of aliphatic hydroxyl groups excluding tert-OH is 1. The monoisotopic (exact) mass is 390 g/mol. The topological polar surface area (TPSA) is 43.8 Å². The van der Waals surface area contributed by atoms with Crippen molar-refractivity contribution in [1.29, 1.82) is 0 Å². The smallest absolute Gasteiger partial charge is 0.255 e. The number of carbonyl (C=O) groups is 1. The number of rotatable bonds is 6. The first-order chi connectivity index (χ1) is 13.0. The predicted molar refractivity (Wildman–Crippen MR) is 105 cm³/mol. The number of hydrogen-bond acceptors (Lipinski definition) is 3. The maximum Gasteiger partial charge on any atom is 0.255 e. The Morgan fingerprint density at radius 2 is 1.81 bits per heavy atom. The largest absolute Gasteiger partial charge is 0.392 e. The number of hydrogen-bond donors (Lipinski definition) is 1. The van der Waals surface area contributed by atoms with Gasteiger partial charge in [-0.1, -0.05) is 41.9 Å².